The number of hydrogen-bond donors (Lipinski definition) is 21. The summed E-state index contributed by atoms with van der Waals surface area (Å²) in [4.78, 5) is 176. The quantitative estimate of drug-likeness (QED) is 0.0165. The Labute approximate surface area is 794 Å². The molecule has 5 amide bonds. The summed E-state index contributed by atoms with van der Waals surface area (Å²) in [6.45, 7) is 9.80. The minimum absolute atomic E-state index is 0.0235. The number of primary amides is 5. The summed E-state index contributed by atoms with van der Waals surface area (Å²) in [6, 6.07) is 21.4. The normalized spacial score (nSPS) is 26.2. The molecule has 0 spiro atoms. The average molecular weight is 1930 g/mol. The van der Waals surface area contributed by atoms with Gasteiger partial charge in [-0.1, -0.05) is 79.8 Å². The van der Waals surface area contributed by atoms with E-state index in [1.807, 2.05) is 44.1 Å². The molecule has 12 aliphatic carbocycles. The summed E-state index contributed by atoms with van der Waals surface area (Å²) >= 11 is 0. The Balaban J connectivity index is 0.000000148. The summed E-state index contributed by atoms with van der Waals surface area (Å²) in [6.07, 6.45) is 7.90. The van der Waals surface area contributed by atoms with Crippen LogP contribution in [-0.4, -0.2) is 226 Å². The fourth-order valence-corrected chi connectivity index (χ4v) is 22.9. The molecule has 0 bridgehead atoms. The van der Waals surface area contributed by atoms with Gasteiger partial charge >= 0.3 is 5.97 Å². The number of fused-ring (bicyclic) bond motifs is 12. The monoisotopic (exact) mass is 1930 g/mol. The molecule has 12 atom stereocenters. The first-order valence-electron chi connectivity index (χ1n) is 45.0. The van der Waals surface area contributed by atoms with Gasteiger partial charge in [-0.15, -0.1) is 0 Å². The number of rotatable bonds is 18. The third-order valence-corrected chi connectivity index (χ3v) is 30.6. The van der Waals surface area contributed by atoms with Crippen LogP contribution in [0.2, 0.25) is 25.7 Å². The zero-order chi connectivity index (χ0) is 102. The summed E-state index contributed by atoms with van der Waals surface area (Å²) in [5.74, 6) is -27.2. The van der Waals surface area contributed by atoms with E-state index in [0.29, 0.717) is 53.5 Å². The molecule has 38 heteroatoms. The highest BCUT2D eigenvalue weighted by molar-refractivity contribution is 6.76. The number of hydrogen-bond acceptors (Lipinski definition) is 32. The molecule has 0 unspecified atom stereocenters. The van der Waals surface area contributed by atoms with E-state index in [-0.39, 0.29) is 126 Å². The van der Waals surface area contributed by atoms with Crippen LogP contribution in [0.15, 0.2) is 153 Å². The number of esters is 1. The van der Waals surface area contributed by atoms with Crippen molar-refractivity contribution in [2.75, 3.05) is 27.2 Å². The first-order chi connectivity index (χ1) is 65.2. The van der Waals surface area contributed by atoms with E-state index >= 15 is 0 Å². The van der Waals surface area contributed by atoms with E-state index in [1.54, 1.807) is 12.1 Å². The second-order valence-corrected chi connectivity index (χ2v) is 44.4. The van der Waals surface area contributed by atoms with E-state index in [1.165, 1.54) is 48.6 Å². The molecule has 5 aromatic rings. The largest absolute Gasteiger partial charge is 0.508 e. The number of amides is 5. The Bertz CT molecular complexity index is 6650. The van der Waals surface area contributed by atoms with E-state index < -0.39 is 241 Å². The van der Waals surface area contributed by atoms with Crippen molar-refractivity contribution in [3.05, 3.63) is 230 Å². The van der Waals surface area contributed by atoms with Crippen molar-refractivity contribution in [2.24, 2.45) is 76.0 Å². The van der Waals surface area contributed by atoms with Crippen LogP contribution in [0, 0.1) is 54.3 Å². The number of nitrogens with zero attached hydrogens (tertiary/aromatic N) is 1. The number of carbonyl (C=O) groups excluding carboxylic acids is 14. The first-order valence-corrected chi connectivity index (χ1v) is 48.7. The summed E-state index contributed by atoms with van der Waals surface area (Å²) in [5.41, 5.74) is 19.4. The lowest BCUT2D eigenvalue weighted by Gasteiger charge is -2.46. The van der Waals surface area contributed by atoms with Gasteiger partial charge < -0.3 is 120 Å². The Kier molecular flexibility index (Phi) is 26.9. The molecule has 0 aliphatic heterocycles. The maximum Gasteiger partial charge on any atom is 0.330 e. The van der Waals surface area contributed by atoms with Crippen LogP contribution in [-0.2, 0) is 117 Å². The van der Waals surface area contributed by atoms with Crippen molar-refractivity contribution in [3.8, 4) is 23.0 Å². The predicted octanol–water partition coefficient (Wildman–Crippen LogP) is 5.68. The topological polar surface area (TPSA) is 705 Å². The highest BCUT2D eigenvalue weighted by Gasteiger charge is 2.66. The van der Waals surface area contributed by atoms with Crippen molar-refractivity contribution in [1.82, 2.24) is 4.90 Å². The van der Waals surface area contributed by atoms with Crippen LogP contribution in [0.4, 0.5) is 0 Å². The molecule has 5 aromatic carbocycles. The molecule has 26 N–H and O–H groups in total. The highest BCUT2D eigenvalue weighted by Crippen LogP contribution is 2.59. The van der Waals surface area contributed by atoms with Crippen LogP contribution < -0.4 is 28.7 Å². The lowest BCUT2D eigenvalue weighted by atomic mass is 9.59. The van der Waals surface area contributed by atoms with Gasteiger partial charge in [-0.25, -0.2) is 4.79 Å². The van der Waals surface area contributed by atoms with Crippen LogP contribution in [0.25, 0.3) is 35.2 Å². The van der Waals surface area contributed by atoms with Crippen molar-refractivity contribution < 1.29 is 154 Å². The molecule has 4 saturated carbocycles. The standard InChI is InChI=1S/C28H27NO7.C27H30N2O9.C24H29NO7Si.C22H20N2O8/c1-13-2-4-14(5-3-13)6-7-15-8-9-19(30)22-18(15)11-16-10-17-12-20(31)23(27(29)35)26(34)28(17,36)25(33)21(16)24(22)32;1-29(2)8-3-9-38-19(32)7-5-13-4-6-17(30)21-16(13)11-14-10-15-12-18(31)22(26(28)36)25(35)27(15,37)24(34)20(14)23(21)33;1-33(2,3)7-6-11-4-5-15(26)18-14(11)9-12-8-13-10-16(27)19(23(25)31)22(30)24(13,32)21(29)17(12)20(18)28;23-14(27)4-2-8-1-3-12(25)16-11(8)6-9-5-10-7-13(26)17(21(24)31)20(30)22(10,32)19(29)15(9)18(16)28/h2-5,8-9,16-17,30,32,34,36H,6-7,10-12H2,1H3,(H2,29,35);4-7,14-15,30,33,35,37H,3,8-12H2,1-2H3,(H2,28,36);4-5,12-13,26,28,30,32H,6-10H2,1-3H3,(H2,25,31);1-4,9-10,25,28,30,32H,5-7H2,(H2,23,27)(H2,24,31)/b;7-5+;;/t16-,17+,28+;14-,15+,27+;12-,13+,24+;9-,10+,22+/m1111/s1. The highest BCUT2D eigenvalue weighted by atomic mass is 28.3. The summed E-state index contributed by atoms with van der Waals surface area (Å²) in [5, 5.41) is 174. The number of nitrogens with two attached hydrogens (primary N) is 5. The summed E-state index contributed by atoms with van der Waals surface area (Å²) < 4.78 is 5.19. The number of aryl methyl sites for hydroxylation is 4. The van der Waals surface area contributed by atoms with Gasteiger partial charge in [-0.05, 0) is 208 Å². The number of carbonyl (C=O) groups is 14. The maximum absolute atomic E-state index is 13.5. The number of aliphatic hydroxyl groups excluding tert-OH is 8. The lowest BCUT2D eigenvalue weighted by molar-refractivity contribution is -0.149. The molecule has 0 saturated heterocycles. The third-order valence-electron chi connectivity index (χ3n) is 28.8. The van der Waals surface area contributed by atoms with E-state index in [4.69, 9.17) is 33.4 Å². The Morgan fingerprint density at radius 3 is 0.993 bits per heavy atom. The minimum atomic E-state index is -2.61. The summed E-state index contributed by atoms with van der Waals surface area (Å²) in [7, 11) is 2.47. The second kappa shape index (κ2) is 37.3. The SMILES string of the molecule is CN(C)CCCOC(=O)/C=C/c1ccc(O)c2c1C[C@H]1C[C@H]3CC(=O)C(C(N)=O)=C(O)[C@@]3(O)C(=O)C1=C2O.C[Si](C)(C)CCc1ccc(O)c2c1C[C@H]1C[C@H]3CC(=O)C(C(N)=O)=C(O)[C@@]3(O)C(=O)C1=C2O.Cc1ccc(CCc2ccc(O)c3c2C[C@H]2C[C@H]4CC(=O)C(C(N)=O)=C(O)[C@@]4(O)C(=O)C2=C3O)cc1.NC(=O)C=Cc1ccc(O)c2c1C[C@H]1C[C@H]3CC(=O)C(C(N)=O)=C(O)[C@@]3(O)C(=O)C1=C2O. The molecular formula is C101H106N6O31Si. The Hall–Kier alpha value is -14.7. The van der Waals surface area contributed by atoms with Gasteiger partial charge in [0.1, 0.15) is 91.4 Å². The number of ketones is 8. The van der Waals surface area contributed by atoms with Crippen molar-refractivity contribution in [3.63, 3.8) is 0 Å². The van der Waals surface area contributed by atoms with Crippen LogP contribution in [0.3, 0.4) is 0 Å². The fraction of sp³-hybridized carbons (Fsp3) is 0.366. The molecule has 4 fully saturated rings. The molecule has 0 heterocycles. The van der Waals surface area contributed by atoms with Gasteiger partial charge in [0, 0.05) is 98.4 Å². The van der Waals surface area contributed by atoms with Crippen molar-refractivity contribution in [2.45, 2.75) is 158 Å². The molecule has 37 nitrogen and oxygen atoms in total. The number of phenolic OH excluding ortho intramolecular Hbond substituents is 4. The zero-order valence-corrected chi connectivity index (χ0v) is 77.4. The zero-order valence-electron chi connectivity index (χ0n) is 76.4. The first kappa shape index (κ1) is 100. The molecule has 17 rings (SSSR count). The van der Waals surface area contributed by atoms with Crippen LogP contribution >= 0.6 is 0 Å². The molecule has 12 aliphatic rings. The van der Waals surface area contributed by atoms with Gasteiger partial charge in [-0.3, -0.25) is 62.3 Å². The number of aromatic hydroxyl groups is 4. The second-order valence-electron chi connectivity index (χ2n) is 38.8. The van der Waals surface area contributed by atoms with Gasteiger partial charge in [0.25, 0.3) is 23.6 Å². The molecule has 0 aromatic heterocycles. The molecule has 139 heavy (non-hydrogen) atoms. The maximum atomic E-state index is 13.5. The number of benzene rings is 5. The fourth-order valence-electron chi connectivity index (χ4n) is 21.9. The van der Waals surface area contributed by atoms with Gasteiger partial charge in [0.15, 0.2) is 45.5 Å². The lowest BCUT2D eigenvalue weighted by Crippen LogP contribution is -2.58. The van der Waals surface area contributed by atoms with Crippen LogP contribution in [0.5, 0.6) is 23.0 Å². The minimum Gasteiger partial charge on any atom is -0.508 e. The Morgan fingerprint density at radius 1 is 0.396 bits per heavy atom. The number of Topliss-reactive ketones (excluding diaryl/α,β-unsaturated/α-hetero) is 8. The molecule has 730 valence electrons. The van der Waals surface area contributed by atoms with Gasteiger partial charge in [-0.2, -0.15) is 0 Å². The molecule has 0 radical (unpaired) electrons. The van der Waals surface area contributed by atoms with Gasteiger partial charge in [0.2, 0.25) is 29.0 Å². The third kappa shape index (κ3) is 17.4. The van der Waals surface area contributed by atoms with E-state index in [2.05, 4.69) is 31.8 Å². The van der Waals surface area contributed by atoms with Crippen molar-refractivity contribution >= 4 is 125 Å². The predicted molar refractivity (Wildman–Crippen MR) is 497 cm³/mol. The van der Waals surface area contributed by atoms with E-state index in [0.717, 1.165) is 59.3 Å². The van der Waals surface area contributed by atoms with E-state index in [9.17, 15) is 149 Å². The van der Waals surface area contributed by atoms with Gasteiger partial charge in [0.05, 0.1) is 28.9 Å². The molecular weight excluding hydrogens is 1820 g/mol. The number of phenols is 4. The smallest absolute Gasteiger partial charge is 0.330 e. The van der Waals surface area contributed by atoms with Crippen LogP contribution in [0.1, 0.15) is 136 Å². The average Bonchev–Trinajstić information content (AvgIpc) is 0.719. The number of ether oxygens (including phenoxy) is 1. The van der Waals surface area contributed by atoms with Crippen molar-refractivity contribution in [1.29, 1.82) is 0 Å². The Morgan fingerprint density at radius 2 is 0.691 bits per heavy atom. The number of aliphatic hydroxyl groups is 12.